The molecule has 2 unspecified atom stereocenters. The molecule has 0 aromatic carbocycles. The molecule has 0 aromatic rings. The van der Waals surface area contributed by atoms with E-state index in [1.54, 1.807) is 0 Å². The molecule has 1 aliphatic rings. The smallest absolute Gasteiger partial charge is 0.0179 e. The van der Waals surface area contributed by atoms with E-state index in [2.05, 4.69) is 71.1 Å². The Morgan fingerprint density at radius 1 is 1.00 bits per heavy atom. The lowest BCUT2D eigenvalue weighted by Gasteiger charge is -2.32. The SMILES string of the molecule is CC/C=C(C)/C=C/C=C(C)/C=C/C1C(C)CCCC1C. The van der Waals surface area contributed by atoms with Crippen molar-refractivity contribution in [1.29, 1.82) is 0 Å². The third-order valence-corrected chi connectivity index (χ3v) is 4.46. The van der Waals surface area contributed by atoms with E-state index < -0.39 is 0 Å². The van der Waals surface area contributed by atoms with Crippen LogP contribution in [0.4, 0.5) is 0 Å². The quantitative estimate of drug-likeness (QED) is 0.503. The fourth-order valence-corrected chi connectivity index (χ4v) is 3.15. The first-order valence-electron chi connectivity index (χ1n) is 8.24. The highest BCUT2D eigenvalue weighted by Crippen LogP contribution is 2.35. The van der Waals surface area contributed by atoms with E-state index in [0.29, 0.717) is 0 Å². The third-order valence-electron chi connectivity index (χ3n) is 4.46. The normalized spacial score (nSPS) is 29.6. The molecule has 1 rings (SSSR count). The van der Waals surface area contributed by atoms with Gasteiger partial charge in [0.1, 0.15) is 0 Å². The Labute approximate surface area is 126 Å². The number of hydrogen-bond donors (Lipinski definition) is 0. The highest BCUT2D eigenvalue weighted by molar-refractivity contribution is 5.26. The first kappa shape index (κ1) is 17.0. The van der Waals surface area contributed by atoms with Crippen LogP contribution in [0.25, 0.3) is 0 Å². The van der Waals surface area contributed by atoms with Crippen LogP contribution < -0.4 is 0 Å². The summed E-state index contributed by atoms with van der Waals surface area (Å²) in [5, 5.41) is 0. The summed E-state index contributed by atoms with van der Waals surface area (Å²) in [6, 6.07) is 0. The van der Waals surface area contributed by atoms with Gasteiger partial charge in [0, 0.05) is 0 Å². The Morgan fingerprint density at radius 2 is 1.65 bits per heavy atom. The van der Waals surface area contributed by atoms with Crippen molar-refractivity contribution in [2.24, 2.45) is 17.8 Å². The van der Waals surface area contributed by atoms with Gasteiger partial charge in [-0.2, -0.15) is 0 Å². The predicted octanol–water partition coefficient (Wildman–Crippen LogP) is 6.47. The fraction of sp³-hybridized carbons (Fsp3) is 0.600. The van der Waals surface area contributed by atoms with Crippen molar-refractivity contribution >= 4 is 0 Å². The van der Waals surface area contributed by atoms with E-state index in [9.17, 15) is 0 Å². The van der Waals surface area contributed by atoms with Gasteiger partial charge in [0.15, 0.2) is 0 Å². The molecule has 0 bridgehead atoms. The van der Waals surface area contributed by atoms with E-state index in [-0.39, 0.29) is 0 Å². The monoisotopic (exact) mass is 272 g/mol. The maximum absolute atomic E-state index is 2.45. The number of allylic oxidation sites excluding steroid dienone is 8. The first-order valence-corrected chi connectivity index (χ1v) is 8.24. The van der Waals surface area contributed by atoms with Crippen LogP contribution in [0.5, 0.6) is 0 Å². The number of rotatable bonds is 5. The summed E-state index contributed by atoms with van der Waals surface area (Å²) in [6.07, 6.45) is 18.9. The molecular weight excluding hydrogens is 240 g/mol. The highest BCUT2D eigenvalue weighted by Gasteiger charge is 2.25. The van der Waals surface area contributed by atoms with Crippen molar-refractivity contribution in [2.45, 2.75) is 60.3 Å². The minimum atomic E-state index is 0.762. The third kappa shape index (κ3) is 5.94. The van der Waals surface area contributed by atoms with Gasteiger partial charge < -0.3 is 0 Å². The molecule has 0 aromatic heterocycles. The van der Waals surface area contributed by atoms with Crippen molar-refractivity contribution in [3.8, 4) is 0 Å². The summed E-state index contributed by atoms with van der Waals surface area (Å²) in [6.45, 7) is 11.3. The largest absolute Gasteiger partial charge is 0.0819 e. The van der Waals surface area contributed by atoms with Crippen LogP contribution in [0.3, 0.4) is 0 Å². The average Bonchev–Trinajstić information content (AvgIpc) is 2.38. The molecule has 0 heterocycles. The van der Waals surface area contributed by atoms with E-state index in [1.165, 1.54) is 30.4 Å². The van der Waals surface area contributed by atoms with Gasteiger partial charge in [-0.25, -0.2) is 0 Å². The summed E-state index contributed by atoms with van der Waals surface area (Å²) < 4.78 is 0. The molecule has 1 fully saturated rings. The van der Waals surface area contributed by atoms with E-state index in [4.69, 9.17) is 0 Å². The van der Waals surface area contributed by atoms with Crippen LogP contribution in [0.15, 0.2) is 47.6 Å². The Balaban J connectivity index is 2.57. The maximum atomic E-state index is 2.45. The lowest BCUT2D eigenvalue weighted by atomic mass is 9.73. The standard InChI is InChI=1S/C20H32/c1-6-9-16(2)10-7-11-17(3)14-15-20-18(4)12-8-13-19(20)5/h7,9-11,14-15,18-20H,6,8,12-13H2,1-5H3/b10-7+,15-14+,16-9+,17-11+. The minimum Gasteiger partial charge on any atom is -0.0819 e. The molecule has 0 amide bonds. The van der Waals surface area contributed by atoms with Gasteiger partial charge in [-0.1, -0.05) is 87.6 Å². The van der Waals surface area contributed by atoms with Crippen molar-refractivity contribution in [2.75, 3.05) is 0 Å². The van der Waals surface area contributed by atoms with Gasteiger partial charge in [0.25, 0.3) is 0 Å². The summed E-state index contributed by atoms with van der Waals surface area (Å²) in [7, 11) is 0. The van der Waals surface area contributed by atoms with Crippen molar-refractivity contribution in [3.05, 3.63) is 47.6 Å². The average molecular weight is 272 g/mol. The second-order valence-corrected chi connectivity index (χ2v) is 6.45. The second kappa shape index (κ2) is 9.00. The van der Waals surface area contributed by atoms with Crippen molar-refractivity contribution < 1.29 is 0 Å². The van der Waals surface area contributed by atoms with Gasteiger partial charge >= 0.3 is 0 Å². The molecule has 20 heavy (non-hydrogen) atoms. The van der Waals surface area contributed by atoms with E-state index in [1.807, 2.05) is 0 Å². The van der Waals surface area contributed by atoms with Crippen molar-refractivity contribution in [1.82, 2.24) is 0 Å². The minimum absolute atomic E-state index is 0.762. The Bertz CT molecular complexity index is 382. The molecule has 0 heteroatoms. The topological polar surface area (TPSA) is 0 Å². The summed E-state index contributed by atoms with van der Waals surface area (Å²) >= 11 is 0. The van der Waals surface area contributed by atoms with Gasteiger partial charge in [-0.05, 0) is 38.0 Å². The van der Waals surface area contributed by atoms with E-state index in [0.717, 1.165) is 24.2 Å². The summed E-state index contributed by atoms with van der Waals surface area (Å²) in [5.74, 6) is 2.44. The van der Waals surface area contributed by atoms with Crippen LogP contribution >= 0.6 is 0 Å². The van der Waals surface area contributed by atoms with Crippen LogP contribution in [0.2, 0.25) is 0 Å². The lowest BCUT2D eigenvalue weighted by molar-refractivity contribution is 0.224. The molecule has 2 atom stereocenters. The van der Waals surface area contributed by atoms with Gasteiger partial charge in [-0.3, -0.25) is 0 Å². The molecular formula is C20H32. The maximum Gasteiger partial charge on any atom is -0.0179 e. The van der Waals surface area contributed by atoms with Crippen molar-refractivity contribution in [3.63, 3.8) is 0 Å². The molecule has 0 aliphatic heterocycles. The Kier molecular flexibility index (Phi) is 7.65. The molecule has 0 nitrogen and oxygen atoms in total. The van der Waals surface area contributed by atoms with Crippen LogP contribution in [0, 0.1) is 17.8 Å². The van der Waals surface area contributed by atoms with Crippen LogP contribution in [-0.4, -0.2) is 0 Å². The fourth-order valence-electron chi connectivity index (χ4n) is 3.15. The molecule has 0 spiro atoms. The van der Waals surface area contributed by atoms with Gasteiger partial charge in [0.05, 0.1) is 0 Å². The highest BCUT2D eigenvalue weighted by atomic mass is 14.3. The first-order chi connectivity index (χ1) is 9.54. The molecule has 1 aliphatic carbocycles. The summed E-state index contributed by atoms with van der Waals surface area (Å²) in [5.41, 5.74) is 2.69. The molecule has 0 saturated heterocycles. The molecule has 0 N–H and O–H groups in total. The Hall–Kier alpha value is -1.04. The Morgan fingerprint density at radius 3 is 2.25 bits per heavy atom. The molecule has 0 radical (unpaired) electrons. The van der Waals surface area contributed by atoms with Crippen LogP contribution in [0.1, 0.15) is 60.3 Å². The van der Waals surface area contributed by atoms with Gasteiger partial charge in [0.2, 0.25) is 0 Å². The number of hydrogen-bond acceptors (Lipinski definition) is 0. The predicted molar refractivity (Wildman–Crippen MR) is 91.8 cm³/mol. The van der Waals surface area contributed by atoms with Crippen LogP contribution in [-0.2, 0) is 0 Å². The summed E-state index contributed by atoms with van der Waals surface area (Å²) in [4.78, 5) is 0. The van der Waals surface area contributed by atoms with E-state index >= 15 is 0 Å². The zero-order chi connectivity index (χ0) is 15.0. The molecule has 1 saturated carbocycles. The molecule has 112 valence electrons. The lowest BCUT2D eigenvalue weighted by Crippen LogP contribution is -2.22. The zero-order valence-corrected chi connectivity index (χ0v) is 14.0. The zero-order valence-electron chi connectivity index (χ0n) is 14.0. The van der Waals surface area contributed by atoms with Gasteiger partial charge in [-0.15, -0.1) is 0 Å². The second-order valence-electron chi connectivity index (χ2n) is 6.45.